The summed E-state index contributed by atoms with van der Waals surface area (Å²) in [5.74, 6) is 0.680. The van der Waals surface area contributed by atoms with Crippen molar-refractivity contribution in [1.82, 2.24) is 28.0 Å². The third-order valence-corrected chi connectivity index (χ3v) is 7.22. The Kier molecular flexibility index (Phi) is 4.40. The van der Waals surface area contributed by atoms with Gasteiger partial charge in [0.1, 0.15) is 5.82 Å². The molecule has 3 aromatic heterocycles. The number of nitrogens with zero attached hydrogens (tertiary/aromatic N) is 5. The lowest BCUT2D eigenvalue weighted by Crippen LogP contribution is -2.19. The molecule has 5 rings (SSSR count). The van der Waals surface area contributed by atoms with Crippen LogP contribution in [0.3, 0.4) is 0 Å². The highest BCUT2D eigenvalue weighted by Crippen LogP contribution is 2.31. The van der Waals surface area contributed by atoms with Crippen LogP contribution in [0, 0.1) is 0 Å². The van der Waals surface area contributed by atoms with Crippen molar-refractivity contribution >= 4 is 32.1 Å². The first-order chi connectivity index (χ1) is 15.2. The highest BCUT2D eigenvalue weighted by atomic mass is 32.2. The zero-order valence-corrected chi connectivity index (χ0v) is 18.9. The van der Waals surface area contributed by atoms with Gasteiger partial charge in [0.15, 0.2) is 0 Å². The maximum atomic E-state index is 12.4. The number of fused-ring (bicyclic) bond motifs is 2. The highest BCUT2D eigenvalue weighted by molar-refractivity contribution is 7.89. The number of imidazole rings is 2. The van der Waals surface area contributed by atoms with Crippen LogP contribution in [0.5, 0.6) is 0 Å². The highest BCUT2D eigenvalue weighted by Gasteiger charge is 2.20. The summed E-state index contributed by atoms with van der Waals surface area (Å²) in [5.41, 5.74) is 4.46. The average molecular weight is 451 g/mol. The monoisotopic (exact) mass is 450 g/mol. The van der Waals surface area contributed by atoms with Crippen molar-refractivity contribution < 1.29 is 8.42 Å². The van der Waals surface area contributed by atoms with Gasteiger partial charge in [0.05, 0.1) is 27.0 Å². The molecule has 0 unspecified atom stereocenters. The van der Waals surface area contributed by atoms with Crippen LogP contribution in [-0.4, -0.2) is 38.7 Å². The van der Waals surface area contributed by atoms with E-state index in [1.54, 1.807) is 41.4 Å². The summed E-state index contributed by atoms with van der Waals surface area (Å²) < 4.78 is 34.3. The van der Waals surface area contributed by atoms with Crippen LogP contribution in [0.1, 0.15) is 0 Å². The maximum Gasteiger partial charge on any atom is 0.328 e. The van der Waals surface area contributed by atoms with E-state index < -0.39 is 10.0 Å². The zero-order chi connectivity index (χ0) is 22.8. The van der Waals surface area contributed by atoms with E-state index >= 15 is 0 Å². The molecule has 2 aromatic carbocycles. The first kappa shape index (κ1) is 20.3. The summed E-state index contributed by atoms with van der Waals surface area (Å²) in [7, 11) is 3.16. The molecule has 32 heavy (non-hydrogen) atoms. The maximum absolute atomic E-state index is 12.4. The number of nitrogens with one attached hydrogen (secondary N) is 1. The Morgan fingerprint density at radius 2 is 1.66 bits per heavy atom. The second kappa shape index (κ2) is 6.94. The van der Waals surface area contributed by atoms with E-state index in [-0.39, 0.29) is 10.6 Å². The predicted octanol–water partition coefficient (Wildman–Crippen LogP) is 2.13. The zero-order valence-electron chi connectivity index (χ0n) is 18.1. The molecule has 0 saturated carbocycles. The molecule has 0 fully saturated rings. The fourth-order valence-corrected chi connectivity index (χ4v) is 4.81. The number of aromatic nitrogens is 5. The Morgan fingerprint density at radius 1 is 0.906 bits per heavy atom. The molecule has 164 valence electrons. The fraction of sp³-hybridized carbons (Fsp3) is 0.182. The van der Waals surface area contributed by atoms with Gasteiger partial charge in [-0.05, 0) is 49.5 Å². The van der Waals surface area contributed by atoms with Crippen molar-refractivity contribution in [1.29, 1.82) is 0 Å². The van der Waals surface area contributed by atoms with Gasteiger partial charge in [0.2, 0.25) is 10.0 Å². The van der Waals surface area contributed by atoms with E-state index in [0.717, 1.165) is 22.3 Å². The number of benzene rings is 2. The normalized spacial score (nSPS) is 12.2. The van der Waals surface area contributed by atoms with E-state index in [0.29, 0.717) is 16.9 Å². The molecule has 1 N–H and O–H groups in total. The Balaban J connectivity index is 1.87. The Morgan fingerprint density at radius 3 is 2.34 bits per heavy atom. The molecule has 0 saturated heterocycles. The van der Waals surface area contributed by atoms with E-state index in [1.807, 2.05) is 52.8 Å². The van der Waals surface area contributed by atoms with Crippen molar-refractivity contribution in [3.8, 4) is 17.1 Å². The third kappa shape index (κ3) is 2.91. The quantitative estimate of drug-likeness (QED) is 0.454. The smallest absolute Gasteiger partial charge is 0.328 e. The minimum atomic E-state index is -3.63. The fourth-order valence-electron chi connectivity index (χ4n) is 4.06. The Labute approximate surface area is 184 Å². The summed E-state index contributed by atoms with van der Waals surface area (Å²) >= 11 is 0. The molecule has 9 nitrogen and oxygen atoms in total. The van der Waals surface area contributed by atoms with Gasteiger partial charge in [0.25, 0.3) is 0 Å². The van der Waals surface area contributed by atoms with Crippen molar-refractivity contribution in [3.05, 3.63) is 65.3 Å². The van der Waals surface area contributed by atoms with Gasteiger partial charge in [-0.15, -0.1) is 0 Å². The second-order valence-corrected chi connectivity index (χ2v) is 9.65. The number of sulfonamides is 1. The summed E-state index contributed by atoms with van der Waals surface area (Å²) in [5, 5.41) is 0. The number of hydrogen-bond donors (Lipinski definition) is 1. The average Bonchev–Trinajstić information content (AvgIpc) is 3.44. The van der Waals surface area contributed by atoms with E-state index in [9.17, 15) is 13.2 Å². The molecular weight excluding hydrogens is 428 g/mol. The number of aryl methyl sites for hydroxylation is 3. The van der Waals surface area contributed by atoms with Gasteiger partial charge >= 0.3 is 5.69 Å². The van der Waals surface area contributed by atoms with Gasteiger partial charge < -0.3 is 4.57 Å². The van der Waals surface area contributed by atoms with Crippen LogP contribution < -0.4 is 10.4 Å². The lowest BCUT2D eigenvalue weighted by Gasteiger charge is -2.10. The number of rotatable bonds is 4. The van der Waals surface area contributed by atoms with Crippen LogP contribution in [0.15, 0.2) is 64.5 Å². The first-order valence-corrected chi connectivity index (χ1v) is 11.4. The van der Waals surface area contributed by atoms with Gasteiger partial charge in [-0.1, -0.05) is 0 Å². The van der Waals surface area contributed by atoms with E-state index in [2.05, 4.69) is 4.72 Å². The molecule has 10 heteroatoms. The minimum Gasteiger partial charge on any atom is -0.357 e. The summed E-state index contributed by atoms with van der Waals surface area (Å²) in [4.78, 5) is 17.4. The third-order valence-electron chi connectivity index (χ3n) is 5.81. The molecule has 0 aliphatic carbocycles. The standard InChI is InChI=1S/C22H22N6O3S/c1-23-32(30,31)16-6-7-17-19(12-16)28(21(24-17)14-9-10-25(2)13-14)15-5-8-18-20(11-15)27(4)22(29)26(18)3/h5-13,23H,1-4H3. The molecule has 0 radical (unpaired) electrons. The lowest BCUT2D eigenvalue weighted by atomic mass is 10.2. The second-order valence-electron chi connectivity index (χ2n) is 7.77. The molecule has 0 amide bonds. The van der Waals surface area contributed by atoms with E-state index in [1.165, 1.54) is 7.05 Å². The molecule has 0 aliphatic heterocycles. The van der Waals surface area contributed by atoms with Gasteiger partial charge in [-0.2, -0.15) is 0 Å². The molecule has 0 atom stereocenters. The molecule has 5 aromatic rings. The van der Waals surface area contributed by atoms with Crippen molar-refractivity contribution in [3.63, 3.8) is 0 Å². The summed E-state index contributed by atoms with van der Waals surface area (Å²) in [6.07, 6.45) is 3.89. The van der Waals surface area contributed by atoms with Crippen molar-refractivity contribution in [2.75, 3.05) is 7.05 Å². The van der Waals surface area contributed by atoms with Crippen molar-refractivity contribution in [2.45, 2.75) is 4.90 Å². The minimum absolute atomic E-state index is 0.113. The first-order valence-electron chi connectivity index (χ1n) is 9.95. The molecule has 0 bridgehead atoms. The van der Waals surface area contributed by atoms with Crippen LogP contribution in [0.2, 0.25) is 0 Å². The molecule has 3 heterocycles. The number of hydrogen-bond acceptors (Lipinski definition) is 4. The molecule has 0 spiro atoms. The van der Waals surface area contributed by atoms with Gasteiger partial charge in [0, 0.05) is 44.8 Å². The van der Waals surface area contributed by atoms with Crippen molar-refractivity contribution in [2.24, 2.45) is 21.1 Å². The lowest BCUT2D eigenvalue weighted by molar-refractivity contribution is 0.588. The van der Waals surface area contributed by atoms with Crippen LogP contribution in [-0.2, 0) is 31.2 Å². The molecular formula is C22H22N6O3S. The van der Waals surface area contributed by atoms with Crippen LogP contribution in [0.25, 0.3) is 39.1 Å². The Bertz CT molecular complexity index is 1680. The Hall–Kier alpha value is -3.63. The van der Waals surface area contributed by atoms with Crippen LogP contribution in [0.4, 0.5) is 0 Å². The van der Waals surface area contributed by atoms with E-state index in [4.69, 9.17) is 4.98 Å². The SMILES string of the molecule is CNS(=O)(=O)c1ccc2nc(-c3ccn(C)c3)n(-c3ccc4c(c3)n(C)c(=O)n4C)c2c1. The molecule has 0 aliphatic rings. The van der Waals surface area contributed by atoms with Crippen LogP contribution >= 0.6 is 0 Å². The largest absolute Gasteiger partial charge is 0.357 e. The summed E-state index contributed by atoms with van der Waals surface area (Å²) in [6, 6.07) is 12.6. The topological polar surface area (TPSA) is 95.8 Å². The van der Waals surface area contributed by atoms with Gasteiger partial charge in [-0.25, -0.2) is 22.9 Å². The predicted molar refractivity (Wildman–Crippen MR) is 123 cm³/mol. The summed E-state index contributed by atoms with van der Waals surface area (Å²) in [6.45, 7) is 0. The van der Waals surface area contributed by atoms with Gasteiger partial charge in [-0.3, -0.25) is 13.7 Å².